The molecule has 0 spiro atoms. The Bertz CT molecular complexity index is 608. The molecule has 1 heterocycles. The van der Waals surface area contributed by atoms with Crippen molar-refractivity contribution in [3.8, 4) is 11.5 Å². The summed E-state index contributed by atoms with van der Waals surface area (Å²) in [7, 11) is 2.00. The van der Waals surface area contributed by atoms with Gasteiger partial charge in [-0.1, -0.05) is 6.07 Å². The van der Waals surface area contributed by atoms with Crippen LogP contribution in [0.1, 0.15) is 25.8 Å². The van der Waals surface area contributed by atoms with Gasteiger partial charge in [-0.2, -0.15) is 8.78 Å². The second kappa shape index (κ2) is 10.9. The average molecular weight is 385 g/mol. The van der Waals surface area contributed by atoms with E-state index in [9.17, 15) is 8.78 Å². The molecule has 8 heteroatoms. The predicted molar refractivity (Wildman–Crippen MR) is 101 cm³/mol. The number of hydrogen-bond acceptors (Lipinski definition) is 4. The quantitative estimate of drug-likeness (QED) is 0.523. The minimum Gasteiger partial charge on any atom is -0.490 e. The van der Waals surface area contributed by atoms with Crippen LogP contribution in [0.5, 0.6) is 11.5 Å². The van der Waals surface area contributed by atoms with Gasteiger partial charge in [-0.05, 0) is 38.0 Å². The number of rotatable bonds is 9. The van der Waals surface area contributed by atoms with E-state index in [4.69, 9.17) is 9.47 Å². The smallest absolute Gasteiger partial charge is 0.387 e. The first-order valence-electron chi connectivity index (χ1n) is 9.31. The SMILES string of the molecule is CCNC(=NCc1ccc(OC(F)F)c(OCC)c1)N(C)CC1CCOC1. The Morgan fingerprint density at radius 2 is 2.19 bits per heavy atom. The summed E-state index contributed by atoms with van der Waals surface area (Å²) >= 11 is 0. The monoisotopic (exact) mass is 385 g/mol. The van der Waals surface area contributed by atoms with Crippen LogP contribution < -0.4 is 14.8 Å². The highest BCUT2D eigenvalue weighted by Gasteiger charge is 2.19. The van der Waals surface area contributed by atoms with Crippen LogP contribution in [-0.2, 0) is 11.3 Å². The van der Waals surface area contributed by atoms with Crippen molar-refractivity contribution in [3.05, 3.63) is 23.8 Å². The molecule has 1 saturated heterocycles. The average Bonchev–Trinajstić information content (AvgIpc) is 3.13. The molecule has 1 N–H and O–H groups in total. The van der Waals surface area contributed by atoms with Gasteiger partial charge in [-0.3, -0.25) is 0 Å². The Hall–Kier alpha value is -2.09. The Morgan fingerprint density at radius 3 is 2.81 bits per heavy atom. The molecule has 1 aromatic carbocycles. The molecular formula is C19H29F2N3O3. The largest absolute Gasteiger partial charge is 0.490 e. The zero-order valence-corrected chi connectivity index (χ0v) is 16.2. The predicted octanol–water partition coefficient (Wildman–Crippen LogP) is 3.12. The standard InChI is InChI=1S/C19H29F2N3O3/c1-4-22-19(24(3)12-15-8-9-25-13-15)23-11-14-6-7-16(27-18(20)21)17(10-14)26-5-2/h6-7,10,15,18H,4-5,8-9,11-13H2,1-3H3,(H,22,23). The molecule has 152 valence electrons. The first-order valence-corrected chi connectivity index (χ1v) is 9.31. The van der Waals surface area contributed by atoms with Crippen LogP contribution in [-0.4, -0.2) is 57.4 Å². The van der Waals surface area contributed by atoms with E-state index in [1.165, 1.54) is 6.07 Å². The summed E-state index contributed by atoms with van der Waals surface area (Å²) in [5.74, 6) is 1.64. The first kappa shape index (κ1) is 21.2. The van der Waals surface area contributed by atoms with Crippen molar-refractivity contribution < 1.29 is 23.0 Å². The molecule has 1 unspecified atom stereocenters. The lowest BCUT2D eigenvalue weighted by Gasteiger charge is -2.24. The van der Waals surface area contributed by atoms with Gasteiger partial charge in [0, 0.05) is 32.7 Å². The van der Waals surface area contributed by atoms with Gasteiger partial charge in [-0.25, -0.2) is 4.99 Å². The number of nitrogens with zero attached hydrogens (tertiary/aromatic N) is 2. The molecule has 1 aliphatic heterocycles. The van der Waals surface area contributed by atoms with E-state index >= 15 is 0 Å². The Labute approximate surface area is 159 Å². The number of nitrogens with one attached hydrogen (secondary N) is 1. The van der Waals surface area contributed by atoms with Crippen molar-refractivity contribution in [3.63, 3.8) is 0 Å². The van der Waals surface area contributed by atoms with Crippen molar-refractivity contribution in [1.29, 1.82) is 0 Å². The number of hydrogen-bond donors (Lipinski definition) is 1. The molecule has 2 rings (SSSR count). The molecule has 0 aromatic heterocycles. The maximum Gasteiger partial charge on any atom is 0.387 e. The lowest BCUT2D eigenvalue weighted by molar-refractivity contribution is -0.0514. The number of aliphatic imine (C=N–C) groups is 1. The van der Waals surface area contributed by atoms with Gasteiger partial charge in [0.2, 0.25) is 0 Å². The first-order chi connectivity index (χ1) is 13.0. The minimum absolute atomic E-state index is 0.0323. The van der Waals surface area contributed by atoms with E-state index in [1.807, 2.05) is 14.0 Å². The molecular weight excluding hydrogens is 356 g/mol. The van der Waals surface area contributed by atoms with Gasteiger partial charge in [0.25, 0.3) is 0 Å². The lowest BCUT2D eigenvalue weighted by Crippen LogP contribution is -2.41. The summed E-state index contributed by atoms with van der Waals surface area (Å²) in [6.45, 7) is 4.93. The van der Waals surface area contributed by atoms with E-state index in [0.717, 1.165) is 44.2 Å². The fourth-order valence-electron chi connectivity index (χ4n) is 2.95. The van der Waals surface area contributed by atoms with Crippen molar-refractivity contribution in [2.24, 2.45) is 10.9 Å². The summed E-state index contributed by atoms with van der Waals surface area (Å²) in [5, 5.41) is 3.28. The summed E-state index contributed by atoms with van der Waals surface area (Å²) < 4.78 is 40.4. The zero-order chi connectivity index (χ0) is 19.6. The molecule has 27 heavy (non-hydrogen) atoms. The van der Waals surface area contributed by atoms with Gasteiger partial charge >= 0.3 is 6.61 Å². The van der Waals surface area contributed by atoms with Gasteiger partial charge in [0.15, 0.2) is 17.5 Å². The molecule has 0 radical (unpaired) electrons. The third-order valence-corrected chi connectivity index (χ3v) is 4.19. The van der Waals surface area contributed by atoms with Crippen molar-refractivity contribution >= 4 is 5.96 Å². The fraction of sp³-hybridized carbons (Fsp3) is 0.632. The molecule has 1 aliphatic rings. The Morgan fingerprint density at radius 1 is 1.37 bits per heavy atom. The van der Waals surface area contributed by atoms with Crippen LogP contribution in [0.2, 0.25) is 0 Å². The summed E-state index contributed by atoms with van der Waals surface area (Å²) in [6.07, 6.45) is 1.06. The van der Waals surface area contributed by atoms with E-state index in [-0.39, 0.29) is 5.75 Å². The van der Waals surface area contributed by atoms with Gasteiger partial charge < -0.3 is 24.4 Å². The second-order valence-corrected chi connectivity index (χ2v) is 6.37. The number of ether oxygens (including phenoxy) is 3. The van der Waals surface area contributed by atoms with E-state index in [0.29, 0.717) is 24.8 Å². The van der Waals surface area contributed by atoms with Crippen molar-refractivity contribution in [2.75, 3.05) is 40.0 Å². The molecule has 6 nitrogen and oxygen atoms in total. The van der Waals surface area contributed by atoms with Crippen LogP contribution in [0.25, 0.3) is 0 Å². The normalized spacial score (nSPS) is 17.3. The van der Waals surface area contributed by atoms with Gasteiger partial charge in [-0.15, -0.1) is 0 Å². The highest BCUT2D eigenvalue weighted by molar-refractivity contribution is 5.79. The Balaban J connectivity index is 2.07. The van der Waals surface area contributed by atoms with Crippen LogP contribution >= 0.6 is 0 Å². The number of benzene rings is 1. The highest BCUT2D eigenvalue weighted by Crippen LogP contribution is 2.30. The summed E-state index contributed by atoms with van der Waals surface area (Å²) in [4.78, 5) is 6.76. The number of halogens is 2. The van der Waals surface area contributed by atoms with Crippen LogP contribution in [0.3, 0.4) is 0 Å². The van der Waals surface area contributed by atoms with E-state index < -0.39 is 6.61 Å². The maximum atomic E-state index is 12.5. The van der Waals surface area contributed by atoms with Crippen LogP contribution in [0, 0.1) is 5.92 Å². The van der Waals surface area contributed by atoms with Crippen molar-refractivity contribution in [2.45, 2.75) is 33.4 Å². The summed E-state index contributed by atoms with van der Waals surface area (Å²) in [5.41, 5.74) is 0.855. The second-order valence-electron chi connectivity index (χ2n) is 6.37. The molecule has 1 fully saturated rings. The third-order valence-electron chi connectivity index (χ3n) is 4.19. The molecule has 0 saturated carbocycles. The van der Waals surface area contributed by atoms with E-state index in [1.54, 1.807) is 19.1 Å². The highest BCUT2D eigenvalue weighted by atomic mass is 19.3. The maximum absolute atomic E-state index is 12.5. The zero-order valence-electron chi connectivity index (χ0n) is 16.2. The third kappa shape index (κ3) is 6.86. The van der Waals surface area contributed by atoms with E-state index in [2.05, 4.69) is 19.9 Å². The number of alkyl halides is 2. The molecule has 1 atom stereocenters. The van der Waals surface area contributed by atoms with Crippen LogP contribution in [0.15, 0.2) is 23.2 Å². The minimum atomic E-state index is -2.89. The molecule has 0 aliphatic carbocycles. The number of guanidine groups is 1. The topological polar surface area (TPSA) is 55.3 Å². The lowest BCUT2D eigenvalue weighted by atomic mass is 10.1. The molecule has 1 aromatic rings. The Kier molecular flexibility index (Phi) is 8.57. The van der Waals surface area contributed by atoms with Crippen molar-refractivity contribution in [1.82, 2.24) is 10.2 Å². The van der Waals surface area contributed by atoms with Gasteiger partial charge in [0.1, 0.15) is 0 Å². The molecule has 0 bridgehead atoms. The van der Waals surface area contributed by atoms with Gasteiger partial charge in [0.05, 0.1) is 19.8 Å². The summed E-state index contributed by atoms with van der Waals surface area (Å²) in [6, 6.07) is 4.91. The fourth-order valence-corrected chi connectivity index (χ4v) is 2.95. The van der Waals surface area contributed by atoms with Crippen LogP contribution in [0.4, 0.5) is 8.78 Å². The molecule has 0 amide bonds.